The summed E-state index contributed by atoms with van der Waals surface area (Å²) in [6.45, 7) is 1.52. The minimum Gasteiger partial charge on any atom is -0.425 e. The lowest BCUT2D eigenvalue weighted by atomic mass is 10.1. The van der Waals surface area contributed by atoms with Crippen molar-refractivity contribution in [3.05, 3.63) is 64.6 Å². The molecule has 3 rings (SSSR count). The Bertz CT molecular complexity index is 949. The zero-order valence-corrected chi connectivity index (χ0v) is 13.0. The highest BCUT2D eigenvalue weighted by Crippen LogP contribution is 2.15. The van der Waals surface area contributed by atoms with E-state index in [4.69, 9.17) is 9.15 Å². The van der Waals surface area contributed by atoms with Crippen molar-refractivity contribution in [2.24, 2.45) is 0 Å². The van der Waals surface area contributed by atoms with Gasteiger partial charge < -0.3 is 9.15 Å². The van der Waals surface area contributed by atoms with Crippen LogP contribution >= 0.6 is 0 Å². The van der Waals surface area contributed by atoms with Crippen molar-refractivity contribution in [2.45, 2.75) is 19.9 Å². The summed E-state index contributed by atoms with van der Waals surface area (Å²) in [5.41, 5.74) is 1.51. The molecule has 0 spiro atoms. The number of para-hydroxylation sites is 2. The number of ketones is 1. The second-order valence-corrected chi connectivity index (χ2v) is 5.20. The molecule has 6 heteroatoms. The van der Waals surface area contributed by atoms with Crippen LogP contribution in [0.2, 0.25) is 0 Å². The Balaban J connectivity index is 1.74. The first kappa shape index (κ1) is 15.7. The van der Waals surface area contributed by atoms with Crippen LogP contribution in [0.4, 0.5) is 0 Å². The Morgan fingerprint density at radius 3 is 2.50 bits per heavy atom. The Hall–Kier alpha value is -3.15. The van der Waals surface area contributed by atoms with Crippen molar-refractivity contribution in [3.63, 3.8) is 0 Å². The van der Waals surface area contributed by atoms with Gasteiger partial charge in [-0.2, -0.15) is 0 Å². The van der Waals surface area contributed by atoms with Crippen molar-refractivity contribution in [1.82, 2.24) is 4.57 Å². The molecular formula is C18H15NO5. The first-order valence-corrected chi connectivity index (χ1v) is 7.51. The summed E-state index contributed by atoms with van der Waals surface area (Å²) < 4.78 is 11.5. The molecular weight excluding hydrogens is 310 g/mol. The number of hydrogen-bond donors (Lipinski definition) is 0. The van der Waals surface area contributed by atoms with Crippen molar-refractivity contribution in [2.75, 3.05) is 0 Å². The van der Waals surface area contributed by atoms with E-state index >= 15 is 0 Å². The first-order valence-electron chi connectivity index (χ1n) is 7.51. The van der Waals surface area contributed by atoms with Crippen LogP contribution in [0.1, 0.15) is 23.7 Å². The van der Waals surface area contributed by atoms with Crippen molar-refractivity contribution < 1.29 is 18.7 Å². The van der Waals surface area contributed by atoms with Gasteiger partial charge in [-0.15, -0.1) is 0 Å². The Morgan fingerprint density at radius 1 is 1.08 bits per heavy atom. The van der Waals surface area contributed by atoms with Crippen LogP contribution in [-0.2, 0) is 11.3 Å². The Labute approximate surface area is 137 Å². The van der Waals surface area contributed by atoms with Crippen LogP contribution in [0.5, 0.6) is 5.75 Å². The average molecular weight is 325 g/mol. The van der Waals surface area contributed by atoms with E-state index in [9.17, 15) is 14.4 Å². The van der Waals surface area contributed by atoms with Crippen LogP contribution in [0.25, 0.3) is 11.1 Å². The maximum Gasteiger partial charge on any atom is 0.420 e. The summed E-state index contributed by atoms with van der Waals surface area (Å²) in [4.78, 5) is 35.5. The van der Waals surface area contributed by atoms with E-state index in [1.807, 2.05) is 0 Å². The van der Waals surface area contributed by atoms with Gasteiger partial charge in [0.2, 0.25) is 0 Å². The molecule has 0 aliphatic carbocycles. The van der Waals surface area contributed by atoms with Crippen LogP contribution in [-0.4, -0.2) is 16.3 Å². The highest BCUT2D eigenvalue weighted by Gasteiger charge is 2.14. The molecule has 3 aromatic rings. The highest BCUT2D eigenvalue weighted by molar-refractivity contribution is 5.95. The summed E-state index contributed by atoms with van der Waals surface area (Å²) in [7, 11) is 0. The molecule has 0 aliphatic rings. The van der Waals surface area contributed by atoms with Gasteiger partial charge in [-0.3, -0.25) is 9.36 Å². The molecule has 0 fully saturated rings. The maximum absolute atomic E-state index is 12.1. The van der Waals surface area contributed by atoms with Gasteiger partial charge in [0.1, 0.15) is 12.3 Å². The monoisotopic (exact) mass is 325 g/mol. The van der Waals surface area contributed by atoms with E-state index in [2.05, 4.69) is 0 Å². The summed E-state index contributed by atoms with van der Waals surface area (Å²) in [6.07, 6.45) is 0.412. The second-order valence-electron chi connectivity index (χ2n) is 5.20. The minimum absolute atomic E-state index is 0.0179. The highest BCUT2D eigenvalue weighted by atomic mass is 16.5. The fourth-order valence-electron chi connectivity index (χ4n) is 2.37. The first-order chi connectivity index (χ1) is 11.6. The van der Waals surface area contributed by atoms with Gasteiger partial charge in [0.05, 0.1) is 5.52 Å². The van der Waals surface area contributed by atoms with Crippen molar-refractivity contribution >= 4 is 22.9 Å². The van der Waals surface area contributed by atoms with E-state index in [1.54, 1.807) is 55.5 Å². The smallest absolute Gasteiger partial charge is 0.420 e. The molecule has 0 N–H and O–H groups in total. The predicted molar refractivity (Wildman–Crippen MR) is 87.2 cm³/mol. The molecule has 0 bridgehead atoms. The molecule has 0 radical (unpaired) electrons. The van der Waals surface area contributed by atoms with E-state index in [0.29, 0.717) is 28.8 Å². The third-order valence-electron chi connectivity index (χ3n) is 3.59. The maximum atomic E-state index is 12.1. The van der Waals surface area contributed by atoms with Gasteiger partial charge >= 0.3 is 11.7 Å². The number of nitrogens with zero attached hydrogens (tertiary/aromatic N) is 1. The standard InChI is InChI=1S/C18H15NO5/c1-2-15(20)12-7-9-13(10-8-12)23-17(21)11-19-14-5-3-4-6-16(14)24-18(19)22/h3-10H,2,11H2,1H3. The number of carbonyl (C=O) groups is 2. The van der Waals surface area contributed by atoms with Crippen LogP contribution < -0.4 is 10.5 Å². The summed E-state index contributed by atoms with van der Waals surface area (Å²) in [5.74, 6) is -0.881. The number of rotatable bonds is 5. The number of ether oxygens (including phenoxy) is 1. The van der Waals surface area contributed by atoms with Crippen molar-refractivity contribution in [3.8, 4) is 5.75 Å². The molecule has 1 heterocycles. The van der Waals surface area contributed by atoms with Crippen LogP contribution in [0.15, 0.2) is 57.7 Å². The van der Waals surface area contributed by atoms with Gasteiger partial charge in [-0.1, -0.05) is 19.1 Å². The molecule has 122 valence electrons. The number of carbonyl (C=O) groups excluding carboxylic acids is 2. The van der Waals surface area contributed by atoms with Gasteiger partial charge in [-0.25, -0.2) is 9.59 Å². The molecule has 0 unspecified atom stereocenters. The molecule has 0 atom stereocenters. The molecule has 6 nitrogen and oxygen atoms in total. The normalized spacial score (nSPS) is 10.7. The van der Waals surface area contributed by atoms with E-state index in [1.165, 1.54) is 4.57 Å². The average Bonchev–Trinajstić information content (AvgIpc) is 2.90. The third-order valence-corrected chi connectivity index (χ3v) is 3.59. The minimum atomic E-state index is -0.614. The summed E-state index contributed by atoms with van der Waals surface area (Å²) in [5, 5.41) is 0. The zero-order chi connectivity index (χ0) is 17.1. The summed E-state index contributed by atoms with van der Waals surface area (Å²) in [6, 6.07) is 13.2. The number of fused-ring (bicyclic) bond motifs is 1. The Kier molecular flexibility index (Phi) is 4.29. The summed E-state index contributed by atoms with van der Waals surface area (Å²) >= 11 is 0. The SMILES string of the molecule is CCC(=O)c1ccc(OC(=O)Cn2c(=O)oc3ccccc32)cc1. The number of oxazole rings is 1. The number of Topliss-reactive ketones (excluding diaryl/α,β-unsaturated/α-hetero) is 1. The molecule has 2 aromatic carbocycles. The lowest BCUT2D eigenvalue weighted by Gasteiger charge is -2.05. The van der Waals surface area contributed by atoms with Gasteiger partial charge in [0.15, 0.2) is 11.4 Å². The van der Waals surface area contributed by atoms with E-state index in [-0.39, 0.29) is 12.3 Å². The lowest BCUT2D eigenvalue weighted by molar-refractivity contribution is -0.135. The third kappa shape index (κ3) is 3.12. The molecule has 0 saturated heterocycles. The number of esters is 1. The molecule has 0 aliphatic heterocycles. The lowest BCUT2D eigenvalue weighted by Crippen LogP contribution is -2.23. The fourth-order valence-corrected chi connectivity index (χ4v) is 2.37. The van der Waals surface area contributed by atoms with E-state index < -0.39 is 11.7 Å². The largest absolute Gasteiger partial charge is 0.425 e. The van der Waals surface area contributed by atoms with Gasteiger partial charge in [0.25, 0.3) is 0 Å². The van der Waals surface area contributed by atoms with Gasteiger partial charge in [-0.05, 0) is 36.4 Å². The predicted octanol–water partition coefficient (Wildman–Crippen LogP) is 2.79. The molecule has 0 saturated carbocycles. The number of aromatic nitrogens is 1. The van der Waals surface area contributed by atoms with Crippen LogP contribution in [0, 0.1) is 0 Å². The molecule has 0 amide bonds. The second kappa shape index (κ2) is 6.54. The number of hydrogen-bond acceptors (Lipinski definition) is 5. The van der Waals surface area contributed by atoms with Crippen molar-refractivity contribution in [1.29, 1.82) is 0 Å². The topological polar surface area (TPSA) is 78.5 Å². The number of benzene rings is 2. The quantitative estimate of drug-likeness (QED) is 0.409. The molecule has 1 aromatic heterocycles. The molecule has 24 heavy (non-hydrogen) atoms. The van der Waals surface area contributed by atoms with E-state index in [0.717, 1.165) is 0 Å². The Morgan fingerprint density at radius 2 is 1.79 bits per heavy atom. The zero-order valence-electron chi connectivity index (χ0n) is 13.0. The fraction of sp³-hybridized carbons (Fsp3) is 0.167. The van der Waals surface area contributed by atoms with Gasteiger partial charge in [0, 0.05) is 12.0 Å². The van der Waals surface area contributed by atoms with Crippen LogP contribution in [0.3, 0.4) is 0 Å².